The van der Waals surface area contributed by atoms with Crippen LogP contribution < -0.4 is 0 Å². The molecule has 0 N–H and O–H groups in total. The molecule has 7 heteroatoms. The minimum absolute atomic E-state index is 0.111. The van der Waals surface area contributed by atoms with E-state index in [-0.39, 0.29) is 5.78 Å². The van der Waals surface area contributed by atoms with E-state index >= 15 is 0 Å². The number of aromatic nitrogens is 2. The molecular weight excluding hydrogens is 524 g/mol. The molecule has 1 atom stereocenters. The molecule has 0 aliphatic carbocycles. The van der Waals surface area contributed by atoms with E-state index < -0.39 is 15.1 Å². The number of thioether (sulfide) groups is 1. The van der Waals surface area contributed by atoms with Crippen molar-refractivity contribution in [2.24, 2.45) is 0 Å². The molecule has 2 heterocycles. The molecule has 0 spiro atoms. The van der Waals surface area contributed by atoms with E-state index in [1.54, 1.807) is 37.1 Å². The lowest BCUT2D eigenvalue weighted by molar-refractivity contribution is 0.103. The monoisotopic (exact) mass is 552 g/mol. The lowest BCUT2D eigenvalue weighted by Crippen LogP contribution is -2.18. The third-order valence-corrected chi connectivity index (χ3v) is 9.25. The molecule has 0 aliphatic heterocycles. The van der Waals surface area contributed by atoms with Crippen molar-refractivity contribution < 1.29 is 13.2 Å². The van der Waals surface area contributed by atoms with Crippen molar-refractivity contribution in [3.05, 3.63) is 114 Å². The number of nitrogens with zero attached hydrogens (tertiary/aromatic N) is 2. The zero-order valence-electron chi connectivity index (χ0n) is 22.0. The summed E-state index contributed by atoms with van der Waals surface area (Å²) in [6.07, 6.45) is 7.20. The maximum atomic E-state index is 12.9. The van der Waals surface area contributed by atoms with Gasteiger partial charge in [-0.3, -0.25) is 14.8 Å². The summed E-state index contributed by atoms with van der Waals surface area (Å²) in [6, 6.07) is 27.2. The summed E-state index contributed by atoms with van der Waals surface area (Å²) in [5.74, 6) is -0.111. The Morgan fingerprint density at radius 3 is 2.33 bits per heavy atom. The minimum atomic E-state index is -3.15. The highest BCUT2D eigenvalue weighted by Gasteiger charge is 2.17. The average Bonchev–Trinajstić information content (AvgIpc) is 2.96. The van der Waals surface area contributed by atoms with E-state index in [1.165, 1.54) is 6.26 Å². The number of pyridine rings is 2. The van der Waals surface area contributed by atoms with E-state index in [2.05, 4.69) is 16.0 Å². The van der Waals surface area contributed by atoms with Gasteiger partial charge in [0.05, 0.1) is 10.8 Å². The van der Waals surface area contributed by atoms with Gasteiger partial charge >= 0.3 is 0 Å². The zero-order valence-corrected chi connectivity index (χ0v) is 23.6. The van der Waals surface area contributed by atoms with Gasteiger partial charge in [0.25, 0.3) is 0 Å². The minimum Gasteiger partial charge on any atom is -0.287 e. The number of sulfone groups is 1. The largest absolute Gasteiger partial charge is 0.287 e. The van der Waals surface area contributed by atoms with E-state index in [0.29, 0.717) is 17.7 Å². The summed E-state index contributed by atoms with van der Waals surface area (Å²) in [5.41, 5.74) is 6.58. The fraction of sp³-hybridized carbons (Fsp3) is 0.156. The molecule has 5 aromatic rings. The molecule has 196 valence electrons. The van der Waals surface area contributed by atoms with Crippen LogP contribution in [0.1, 0.15) is 28.5 Å². The first-order valence-corrected chi connectivity index (χ1v) is 15.7. The normalized spacial score (nSPS) is 12.4. The third-order valence-electron chi connectivity index (χ3n) is 6.87. The first kappa shape index (κ1) is 26.8. The van der Waals surface area contributed by atoms with Gasteiger partial charge in [-0.05, 0) is 90.9 Å². The van der Waals surface area contributed by atoms with Crippen molar-refractivity contribution in [1.82, 2.24) is 9.97 Å². The second kappa shape index (κ2) is 11.1. The van der Waals surface area contributed by atoms with Gasteiger partial charge < -0.3 is 0 Å². The van der Waals surface area contributed by atoms with Crippen LogP contribution in [0.2, 0.25) is 0 Å². The Morgan fingerprint density at radius 1 is 0.872 bits per heavy atom. The summed E-state index contributed by atoms with van der Waals surface area (Å²) < 4.78 is 24.2. The SMILES string of the molecule is CSc1ccc(C(=O)c2ccc(-c3cccc(-c4cc(CC(C)S(C)(=O)=O)cc5cccnc45)c3)cn2)cc1. The molecular formula is C32H28N2O3S2. The molecule has 0 saturated carbocycles. The fourth-order valence-electron chi connectivity index (χ4n) is 4.53. The highest BCUT2D eigenvalue weighted by Crippen LogP contribution is 2.32. The van der Waals surface area contributed by atoms with Gasteiger partial charge in [-0.1, -0.05) is 30.3 Å². The standard InChI is InChI=1S/C32H28N2O3S2/c1-21(39(3,36)37)16-22-17-26-8-5-15-33-31(26)29(18-22)25-7-4-6-24(19-25)27-11-14-30(34-20-27)32(35)23-9-12-28(38-2)13-10-23/h4-15,17-21H,16H2,1-3H3. The number of hydrogen-bond acceptors (Lipinski definition) is 6. The summed E-state index contributed by atoms with van der Waals surface area (Å²) in [7, 11) is -3.15. The lowest BCUT2D eigenvalue weighted by Gasteiger charge is -2.14. The molecule has 5 rings (SSSR count). The summed E-state index contributed by atoms with van der Waals surface area (Å²) >= 11 is 1.63. The van der Waals surface area contributed by atoms with Crippen LogP contribution in [0.3, 0.4) is 0 Å². The lowest BCUT2D eigenvalue weighted by atomic mass is 9.95. The predicted molar refractivity (Wildman–Crippen MR) is 160 cm³/mol. The van der Waals surface area contributed by atoms with E-state index in [1.807, 2.05) is 79.1 Å². The number of benzene rings is 3. The Balaban J connectivity index is 1.48. The van der Waals surface area contributed by atoms with Crippen molar-refractivity contribution >= 4 is 38.3 Å². The predicted octanol–water partition coefficient (Wildman–Crippen LogP) is 6.89. The summed E-state index contributed by atoms with van der Waals surface area (Å²) in [5, 5.41) is 0.479. The maximum absolute atomic E-state index is 12.9. The molecule has 3 aromatic carbocycles. The number of carbonyl (C=O) groups is 1. The molecule has 2 aromatic heterocycles. The maximum Gasteiger partial charge on any atom is 0.211 e. The third kappa shape index (κ3) is 5.95. The van der Waals surface area contributed by atoms with Crippen molar-refractivity contribution in [3.63, 3.8) is 0 Å². The molecule has 0 aliphatic rings. The van der Waals surface area contributed by atoms with Crippen LogP contribution >= 0.6 is 11.8 Å². The molecule has 0 amide bonds. The topological polar surface area (TPSA) is 77.0 Å². The molecule has 39 heavy (non-hydrogen) atoms. The molecule has 0 radical (unpaired) electrons. The number of rotatable bonds is 8. The van der Waals surface area contributed by atoms with Crippen LogP contribution in [-0.4, -0.2) is 41.9 Å². The van der Waals surface area contributed by atoms with Crippen LogP contribution in [0.15, 0.2) is 102 Å². The van der Waals surface area contributed by atoms with Crippen LogP contribution in [0.25, 0.3) is 33.2 Å². The van der Waals surface area contributed by atoms with Gasteiger partial charge in [-0.25, -0.2) is 8.42 Å². The van der Waals surface area contributed by atoms with Gasteiger partial charge in [0.1, 0.15) is 15.5 Å². The van der Waals surface area contributed by atoms with Crippen LogP contribution in [0.4, 0.5) is 0 Å². The van der Waals surface area contributed by atoms with Crippen LogP contribution in [0.5, 0.6) is 0 Å². The van der Waals surface area contributed by atoms with Gasteiger partial charge in [0.15, 0.2) is 0 Å². The van der Waals surface area contributed by atoms with Crippen molar-refractivity contribution in [1.29, 1.82) is 0 Å². The second-order valence-corrected chi connectivity index (χ2v) is 13.0. The number of hydrogen-bond donors (Lipinski definition) is 0. The van der Waals surface area contributed by atoms with Crippen molar-refractivity contribution in [3.8, 4) is 22.3 Å². The number of fused-ring (bicyclic) bond motifs is 1. The van der Waals surface area contributed by atoms with Crippen LogP contribution in [-0.2, 0) is 16.3 Å². The molecule has 0 saturated heterocycles. The van der Waals surface area contributed by atoms with Gasteiger partial charge in [0.2, 0.25) is 5.78 Å². The Hall–Kier alpha value is -3.81. The Labute approximate surface area is 233 Å². The first-order chi connectivity index (χ1) is 18.7. The average molecular weight is 553 g/mol. The number of ketones is 1. The Morgan fingerprint density at radius 2 is 1.64 bits per heavy atom. The summed E-state index contributed by atoms with van der Waals surface area (Å²) in [4.78, 5) is 23.1. The molecule has 1 unspecified atom stereocenters. The van der Waals surface area contributed by atoms with Crippen molar-refractivity contribution in [2.45, 2.75) is 23.5 Å². The fourth-order valence-corrected chi connectivity index (χ4v) is 5.43. The van der Waals surface area contributed by atoms with Crippen molar-refractivity contribution in [2.75, 3.05) is 12.5 Å². The first-order valence-electron chi connectivity index (χ1n) is 12.5. The second-order valence-electron chi connectivity index (χ2n) is 9.63. The molecule has 5 nitrogen and oxygen atoms in total. The zero-order chi connectivity index (χ0) is 27.6. The number of carbonyl (C=O) groups excluding carboxylic acids is 1. The van der Waals surface area contributed by atoms with Gasteiger partial charge in [-0.15, -0.1) is 11.8 Å². The molecule has 0 bridgehead atoms. The quantitative estimate of drug-likeness (QED) is 0.154. The summed E-state index contributed by atoms with van der Waals surface area (Å²) in [6.45, 7) is 1.74. The van der Waals surface area contributed by atoms with Crippen LogP contribution in [0, 0.1) is 0 Å². The Bertz CT molecular complexity index is 1760. The van der Waals surface area contributed by atoms with Gasteiger partial charge in [0, 0.05) is 45.6 Å². The highest BCUT2D eigenvalue weighted by atomic mass is 32.2. The van der Waals surface area contributed by atoms with E-state index in [9.17, 15) is 13.2 Å². The van der Waals surface area contributed by atoms with Gasteiger partial charge in [-0.2, -0.15) is 0 Å². The Kier molecular flexibility index (Phi) is 7.64. The molecule has 0 fully saturated rings. The van der Waals surface area contributed by atoms with E-state index in [0.717, 1.165) is 43.6 Å². The van der Waals surface area contributed by atoms with E-state index in [4.69, 9.17) is 0 Å². The highest BCUT2D eigenvalue weighted by molar-refractivity contribution is 7.98. The smallest absolute Gasteiger partial charge is 0.211 e.